The summed E-state index contributed by atoms with van der Waals surface area (Å²) in [6.07, 6.45) is 3.44. The lowest BCUT2D eigenvalue weighted by Crippen LogP contribution is -2.16. The first-order valence-corrected chi connectivity index (χ1v) is 4.01. The van der Waals surface area contributed by atoms with Gasteiger partial charge in [-0.05, 0) is 12.8 Å². The lowest BCUT2D eigenvalue weighted by molar-refractivity contribution is -0.141. The van der Waals surface area contributed by atoms with Crippen LogP contribution in [0.1, 0.15) is 20.8 Å². The molecule has 0 aliphatic heterocycles. The Kier molecular flexibility index (Phi) is 4.34. The molecule has 0 fully saturated rings. The van der Waals surface area contributed by atoms with Gasteiger partial charge in [-0.15, -0.1) is 0 Å². The van der Waals surface area contributed by atoms with Gasteiger partial charge in [0.15, 0.2) is 0 Å². The van der Waals surface area contributed by atoms with E-state index in [-0.39, 0.29) is 5.92 Å². The van der Waals surface area contributed by atoms with E-state index in [0.29, 0.717) is 0 Å². The molecule has 0 aromatic rings. The van der Waals surface area contributed by atoms with Gasteiger partial charge in [0.1, 0.15) is 0 Å². The standard InChI is InChI=1S/C10H16O2/c1-7(2)5-6-9(8(3)4)10(11)12/h5-6,8-9H,1H2,2-4H3,(H,11,12)/b6-5+. The Hall–Kier alpha value is -1.05. The summed E-state index contributed by atoms with van der Waals surface area (Å²) < 4.78 is 0. The zero-order valence-corrected chi connectivity index (χ0v) is 7.87. The van der Waals surface area contributed by atoms with Crippen molar-refractivity contribution in [3.05, 3.63) is 24.3 Å². The highest BCUT2D eigenvalue weighted by Crippen LogP contribution is 2.13. The molecule has 0 radical (unpaired) electrons. The summed E-state index contributed by atoms with van der Waals surface area (Å²) in [5, 5.41) is 8.78. The molecule has 68 valence electrons. The summed E-state index contributed by atoms with van der Waals surface area (Å²) >= 11 is 0. The van der Waals surface area contributed by atoms with E-state index in [2.05, 4.69) is 6.58 Å². The predicted molar refractivity (Wildman–Crippen MR) is 49.9 cm³/mol. The quantitative estimate of drug-likeness (QED) is 0.655. The normalized spacial score (nSPS) is 13.7. The van der Waals surface area contributed by atoms with E-state index in [1.54, 1.807) is 12.2 Å². The molecule has 2 heteroatoms. The second kappa shape index (κ2) is 4.75. The topological polar surface area (TPSA) is 37.3 Å². The molecule has 0 bridgehead atoms. The van der Waals surface area contributed by atoms with Crippen molar-refractivity contribution >= 4 is 5.97 Å². The lowest BCUT2D eigenvalue weighted by atomic mass is 9.95. The number of carboxylic acid groups (broad SMARTS) is 1. The van der Waals surface area contributed by atoms with Crippen molar-refractivity contribution in [2.24, 2.45) is 11.8 Å². The second-order valence-electron chi connectivity index (χ2n) is 3.31. The van der Waals surface area contributed by atoms with E-state index in [4.69, 9.17) is 5.11 Å². The maximum absolute atomic E-state index is 10.7. The van der Waals surface area contributed by atoms with Crippen molar-refractivity contribution < 1.29 is 9.90 Å². The first kappa shape index (κ1) is 11.0. The Morgan fingerprint density at radius 3 is 2.25 bits per heavy atom. The van der Waals surface area contributed by atoms with E-state index in [9.17, 15) is 4.79 Å². The van der Waals surface area contributed by atoms with Gasteiger partial charge in [-0.25, -0.2) is 0 Å². The van der Waals surface area contributed by atoms with Crippen LogP contribution < -0.4 is 0 Å². The Balaban J connectivity index is 4.33. The van der Waals surface area contributed by atoms with Gasteiger partial charge >= 0.3 is 5.97 Å². The number of allylic oxidation sites excluding steroid dienone is 2. The molecule has 0 aliphatic carbocycles. The van der Waals surface area contributed by atoms with Crippen LogP contribution in [0.4, 0.5) is 0 Å². The number of rotatable bonds is 4. The Morgan fingerprint density at radius 2 is 2.00 bits per heavy atom. The molecule has 0 saturated carbocycles. The van der Waals surface area contributed by atoms with Crippen LogP contribution in [0.2, 0.25) is 0 Å². The molecule has 1 atom stereocenters. The van der Waals surface area contributed by atoms with Gasteiger partial charge in [-0.2, -0.15) is 0 Å². The fourth-order valence-corrected chi connectivity index (χ4v) is 0.858. The first-order chi connectivity index (χ1) is 5.45. The van der Waals surface area contributed by atoms with Gasteiger partial charge in [0, 0.05) is 0 Å². The Labute approximate surface area is 73.6 Å². The number of hydrogen-bond donors (Lipinski definition) is 1. The molecule has 0 amide bonds. The van der Waals surface area contributed by atoms with Gasteiger partial charge in [-0.3, -0.25) is 4.79 Å². The molecule has 1 N–H and O–H groups in total. The van der Waals surface area contributed by atoms with Crippen LogP contribution in [0.5, 0.6) is 0 Å². The van der Waals surface area contributed by atoms with Crippen LogP contribution in [0, 0.1) is 11.8 Å². The molecule has 0 saturated heterocycles. The van der Waals surface area contributed by atoms with E-state index in [1.807, 2.05) is 20.8 Å². The summed E-state index contributed by atoms with van der Waals surface area (Å²) in [5.41, 5.74) is 0.877. The largest absolute Gasteiger partial charge is 0.481 e. The number of carboxylic acids is 1. The van der Waals surface area contributed by atoms with Crippen LogP contribution in [0.25, 0.3) is 0 Å². The zero-order chi connectivity index (χ0) is 9.72. The monoisotopic (exact) mass is 168 g/mol. The van der Waals surface area contributed by atoms with Crippen LogP contribution in [-0.2, 0) is 4.79 Å². The first-order valence-electron chi connectivity index (χ1n) is 4.01. The fourth-order valence-electron chi connectivity index (χ4n) is 0.858. The van der Waals surface area contributed by atoms with Crippen molar-refractivity contribution in [1.82, 2.24) is 0 Å². The van der Waals surface area contributed by atoms with Crippen molar-refractivity contribution in [3.8, 4) is 0 Å². The maximum atomic E-state index is 10.7. The molecule has 0 aliphatic rings. The smallest absolute Gasteiger partial charge is 0.310 e. The molecule has 1 unspecified atom stereocenters. The Morgan fingerprint density at radius 1 is 1.50 bits per heavy atom. The molecule has 0 aromatic heterocycles. The highest BCUT2D eigenvalue weighted by molar-refractivity contribution is 5.72. The van der Waals surface area contributed by atoms with Gasteiger partial charge in [0.2, 0.25) is 0 Å². The van der Waals surface area contributed by atoms with E-state index in [0.717, 1.165) is 5.57 Å². The van der Waals surface area contributed by atoms with Crippen LogP contribution in [0.15, 0.2) is 24.3 Å². The third kappa shape index (κ3) is 3.96. The van der Waals surface area contributed by atoms with E-state index >= 15 is 0 Å². The van der Waals surface area contributed by atoms with Gasteiger partial charge in [0.05, 0.1) is 5.92 Å². The SMILES string of the molecule is C=C(C)/C=C/C(C(=O)O)C(C)C. The van der Waals surface area contributed by atoms with Gasteiger partial charge < -0.3 is 5.11 Å². The van der Waals surface area contributed by atoms with Crippen molar-refractivity contribution in [1.29, 1.82) is 0 Å². The summed E-state index contributed by atoms with van der Waals surface area (Å²) in [7, 11) is 0. The van der Waals surface area contributed by atoms with Crippen LogP contribution >= 0.6 is 0 Å². The molecule has 12 heavy (non-hydrogen) atoms. The fraction of sp³-hybridized carbons (Fsp3) is 0.500. The molecule has 0 rings (SSSR count). The van der Waals surface area contributed by atoms with Crippen LogP contribution in [-0.4, -0.2) is 11.1 Å². The number of aliphatic carboxylic acids is 1. The minimum absolute atomic E-state index is 0.123. The Bertz CT molecular complexity index is 202. The van der Waals surface area contributed by atoms with E-state index in [1.165, 1.54) is 0 Å². The second-order valence-corrected chi connectivity index (χ2v) is 3.31. The summed E-state index contributed by atoms with van der Waals surface area (Å²) in [6.45, 7) is 9.29. The maximum Gasteiger partial charge on any atom is 0.310 e. The average molecular weight is 168 g/mol. The lowest BCUT2D eigenvalue weighted by Gasteiger charge is -2.10. The molecule has 2 nitrogen and oxygen atoms in total. The average Bonchev–Trinajstić information content (AvgIpc) is 1.84. The summed E-state index contributed by atoms with van der Waals surface area (Å²) in [4.78, 5) is 10.7. The number of carbonyl (C=O) groups is 1. The third-order valence-corrected chi connectivity index (χ3v) is 1.59. The highest BCUT2D eigenvalue weighted by atomic mass is 16.4. The molecule has 0 spiro atoms. The highest BCUT2D eigenvalue weighted by Gasteiger charge is 2.17. The molecular formula is C10H16O2. The minimum Gasteiger partial charge on any atom is -0.481 e. The van der Waals surface area contributed by atoms with Crippen molar-refractivity contribution in [2.75, 3.05) is 0 Å². The van der Waals surface area contributed by atoms with Crippen LogP contribution in [0.3, 0.4) is 0 Å². The zero-order valence-electron chi connectivity index (χ0n) is 7.87. The number of hydrogen-bond acceptors (Lipinski definition) is 1. The summed E-state index contributed by atoms with van der Waals surface area (Å²) in [5.74, 6) is -1.05. The van der Waals surface area contributed by atoms with Crippen molar-refractivity contribution in [3.63, 3.8) is 0 Å². The van der Waals surface area contributed by atoms with Crippen molar-refractivity contribution in [2.45, 2.75) is 20.8 Å². The predicted octanol–water partition coefficient (Wildman–Crippen LogP) is 2.48. The molecule has 0 aromatic carbocycles. The van der Waals surface area contributed by atoms with Gasteiger partial charge in [0.25, 0.3) is 0 Å². The third-order valence-electron chi connectivity index (χ3n) is 1.59. The minimum atomic E-state index is -0.775. The summed E-state index contributed by atoms with van der Waals surface area (Å²) in [6, 6.07) is 0. The molecular weight excluding hydrogens is 152 g/mol. The van der Waals surface area contributed by atoms with Gasteiger partial charge in [-0.1, -0.05) is 38.2 Å². The molecule has 0 heterocycles. The van der Waals surface area contributed by atoms with E-state index < -0.39 is 11.9 Å².